The topological polar surface area (TPSA) is 118 Å². The van der Waals surface area contributed by atoms with Crippen LogP contribution in [0, 0.1) is 6.92 Å². The maximum absolute atomic E-state index is 13.0. The molecule has 0 amide bonds. The quantitative estimate of drug-likeness (QED) is 0.349. The molecule has 0 aliphatic carbocycles. The lowest BCUT2D eigenvalue weighted by Crippen LogP contribution is -2.26. The minimum Gasteiger partial charge on any atom is -0.493 e. The number of aromatic amines is 1. The van der Waals surface area contributed by atoms with Gasteiger partial charge in [0.05, 0.1) is 22.8 Å². The summed E-state index contributed by atoms with van der Waals surface area (Å²) in [6.07, 6.45) is 2.06. The van der Waals surface area contributed by atoms with Crippen molar-refractivity contribution in [3.8, 4) is 17.1 Å². The van der Waals surface area contributed by atoms with E-state index < -0.39 is 10.0 Å². The summed E-state index contributed by atoms with van der Waals surface area (Å²) in [6, 6.07) is 14.2. The second-order valence-corrected chi connectivity index (χ2v) is 9.92. The third-order valence-corrected chi connectivity index (χ3v) is 7.04. The smallest absolute Gasteiger partial charge is 0.277 e. The Morgan fingerprint density at radius 3 is 2.57 bits per heavy atom. The zero-order valence-electron chi connectivity index (χ0n) is 20.0. The highest BCUT2D eigenvalue weighted by Gasteiger charge is 2.20. The van der Waals surface area contributed by atoms with Gasteiger partial charge in [-0.25, -0.2) is 22.6 Å². The molecule has 0 unspecified atom stereocenters. The molecule has 184 valence electrons. The molecule has 0 saturated carbocycles. The number of benzene rings is 2. The molecular weight excluding hydrogens is 466 g/mol. The van der Waals surface area contributed by atoms with E-state index in [1.165, 1.54) is 12.1 Å². The summed E-state index contributed by atoms with van der Waals surface area (Å²) in [5.41, 5.74) is 2.04. The number of aromatic nitrogens is 4. The standard InChI is InChI=1S/C25H29N5O4S/c1-4-9-22-27-17(3)23-25(31)28-24(29-30(22)23)20-16-19(12-13-21(20)34-5-2)35(32,33)26-15-14-18-10-7-6-8-11-18/h6-8,10-13,16,26H,4-5,9,14-15H2,1-3H3,(H,28,29,31). The maximum Gasteiger partial charge on any atom is 0.277 e. The van der Waals surface area contributed by atoms with E-state index in [0.717, 1.165) is 12.0 Å². The van der Waals surface area contributed by atoms with Gasteiger partial charge in [0.25, 0.3) is 5.56 Å². The van der Waals surface area contributed by atoms with Gasteiger partial charge in [-0.3, -0.25) is 4.79 Å². The number of sulfonamides is 1. The van der Waals surface area contributed by atoms with Gasteiger partial charge in [-0.05, 0) is 50.5 Å². The number of nitrogens with zero attached hydrogens (tertiary/aromatic N) is 3. The summed E-state index contributed by atoms with van der Waals surface area (Å²) >= 11 is 0. The van der Waals surface area contributed by atoms with Crippen molar-refractivity contribution in [3.05, 3.63) is 76.0 Å². The van der Waals surface area contributed by atoms with Crippen LogP contribution in [0.5, 0.6) is 5.75 Å². The minimum absolute atomic E-state index is 0.0577. The van der Waals surface area contributed by atoms with Gasteiger partial charge in [-0.1, -0.05) is 37.3 Å². The van der Waals surface area contributed by atoms with Crippen LogP contribution in [0.4, 0.5) is 0 Å². The fourth-order valence-electron chi connectivity index (χ4n) is 3.94. The fraction of sp³-hybridized carbons (Fsp3) is 0.320. The van der Waals surface area contributed by atoms with Crippen LogP contribution in [0.1, 0.15) is 37.4 Å². The Morgan fingerprint density at radius 1 is 1.09 bits per heavy atom. The van der Waals surface area contributed by atoms with Crippen LogP contribution in [0.2, 0.25) is 0 Å². The first-order chi connectivity index (χ1) is 16.8. The minimum atomic E-state index is -3.80. The molecule has 0 saturated heterocycles. The largest absolute Gasteiger partial charge is 0.493 e. The SMILES string of the molecule is CCCc1nc(C)c2c(=O)[nH]c(-c3cc(S(=O)(=O)NCCc4ccccc4)ccc3OCC)nn12. The van der Waals surface area contributed by atoms with Gasteiger partial charge in [-0.2, -0.15) is 0 Å². The Labute approximate surface area is 204 Å². The van der Waals surface area contributed by atoms with E-state index >= 15 is 0 Å². The highest BCUT2D eigenvalue weighted by atomic mass is 32.2. The van der Waals surface area contributed by atoms with Crippen molar-refractivity contribution in [1.82, 2.24) is 24.3 Å². The van der Waals surface area contributed by atoms with Crippen LogP contribution in [-0.4, -0.2) is 41.2 Å². The average Bonchev–Trinajstić information content (AvgIpc) is 3.15. The lowest BCUT2D eigenvalue weighted by atomic mass is 10.2. The second kappa shape index (κ2) is 10.4. The molecule has 0 atom stereocenters. The van der Waals surface area contributed by atoms with Gasteiger partial charge in [0, 0.05) is 13.0 Å². The summed E-state index contributed by atoms with van der Waals surface area (Å²) in [5, 5.41) is 4.62. The molecule has 10 heteroatoms. The van der Waals surface area contributed by atoms with Crippen molar-refractivity contribution < 1.29 is 13.2 Å². The lowest BCUT2D eigenvalue weighted by Gasteiger charge is -2.13. The third kappa shape index (κ3) is 5.28. The number of nitrogens with one attached hydrogen (secondary N) is 2. The number of H-pyrrole nitrogens is 1. The molecule has 2 N–H and O–H groups in total. The van der Waals surface area contributed by atoms with E-state index in [2.05, 4.69) is 19.8 Å². The number of fused-ring (bicyclic) bond motifs is 1. The molecule has 2 aromatic heterocycles. The second-order valence-electron chi connectivity index (χ2n) is 8.15. The number of ether oxygens (including phenoxy) is 1. The average molecular weight is 496 g/mol. The Hall–Kier alpha value is -3.50. The van der Waals surface area contributed by atoms with E-state index in [1.54, 1.807) is 17.5 Å². The van der Waals surface area contributed by atoms with Crippen molar-refractivity contribution in [1.29, 1.82) is 0 Å². The number of rotatable bonds is 10. The summed E-state index contributed by atoms with van der Waals surface area (Å²) in [6.45, 7) is 6.25. The monoisotopic (exact) mass is 495 g/mol. The molecule has 2 aromatic carbocycles. The Kier molecular flexibility index (Phi) is 7.32. The Bertz CT molecular complexity index is 1490. The van der Waals surface area contributed by atoms with Crippen LogP contribution in [0.15, 0.2) is 58.2 Å². The first kappa shape index (κ1) is 24.6. The molecule has 0 radical (unpaired) electrons. The molecule has 2 heterocycles. The molecule has 9 nitrogen and oxygen atoms in total. The molecule has 0 fully saturated rings. The van der Waals surface area contributed by atoms with Crippen LogP contribution < -0.4 is 15.0 Å². The van der Waals surface area contributed by atoms with Crippen molar-refractivity contribution in [2.24, 2.45) is 0 Å². The van der Waals surface area contributed by atoms with Gasteiger partial charge in [0.15, 0.2) is 11.3 Å². The molecule has 0 aliphatic heterocycles. The van der Waals surface area contributed by atoms with Gasteiger partial charge in [0.1, 0.15) is 11.6 Å². The van der Waals surface area contributed by atoms with Gasteiger partial charge in [0.2, 0.25) is 10.0 Å². The van der Waals surface area contributed by atoms with E-state index in [-0.39, 0.29) is 22.8 Å². The van der Waals surface area contributed by atoms with Crippen LogP contribution in [0.3, 0.4) is 0 Å². The van der Waals surface area contributed by atoms with Crippen molar-refractivity contribution in [2.75, 3.05) is 13.2 Å². The molecule has 0 bridgehead atoms. The Morgan fingerprint density at radius 2 is 1.86 bits per heavy atom. The fourth-order valence-corrected chi connectivity index (χ4v) is 5.00. The summed E-state index contributed by atoms with van der Waals surface area (Å²) in [5.74, 6) is 1.31. The highest BCUT2D eigenvalue weighted by Crippen LogP contribution is 2.30. The van der Waals surface area contributed by atoms with E-state index in [4.69, 9.17) is 4.74 Å². The number of hydrogen-bond donors (Lipinski definition) is 2. The molecule has 4 rings (SSSR count). The van der Waals surface area contributed by atoms with Gasteiger partial charge in [-0.15, -0.1) is 5.10 Å². The number of imidazole rings is 1. The predicted molar refractivity (Wildman–Crippen MR) is 134 cm³/mol. The van der Waals surface area contributed by atoms with Crippen LogP contribution in [-0.2, 0) is 22.9 Å². The summed E-state index contributed by atoms with van der Waals surface area (Å²) in [4.78, 5) is 20.2. The molecular formula is C25H29N5O4S. The van der Waals surface area contributed by atoms with Gasteiger partial charge < -0.3 is 9.72 Å². The van der Waals surface area contributed by atoms with Gasteiger partial charge >= 0.3 is 0 Å². The zero-order chi connectivity index (χ0) is 25.0. The number of hydrogen-bond acceptors (Lipinski definition) is 6. The first-order valence-electron chi connectivity index (χ1n) is 11.6. The summed E-state index contributed by atoms with van der Waals surface area (Å²) in [7, 11) is -3.80. The zero-order valence-corrected chi connectivity index (χ0v) is 20.9. The van der Waals surface area contributed by atoms with E-state index in [1.807, 2.05) is 44.2 Å². The van der Waals surface area contributed by atoms with E-state index in [0.29, 0.717) is 47.8 Å². The summed E-state index contributed by atoms with van der Waals surface area (Å²) < 4.78 is 36.0. The van der Waals surface area contributed by atoms with Crippen molar-refractivity contribution >= 4 is 15.5 Å². The lowest BCUT2D eigenvalue weighted by molar-refractivity contribution is 0.341. The Balaban J connectivity index is 1.72. The van der Waals surface area contributed by atoms with Crippen LogP contribution in [0.25, 0.3) is 16.9 Å². The number of aryl methyl sites for hydroxylation is 2. The van der Waals surface area contributed by atoms with Crippen LogP contribution >= 0.6 is 0 Å². The first-order valence-corrected chi connectivity index (χ1v) is 13.1. The predicted octanol–water partition coefficient (Wildman–Crippen LogP) is 3.27. The van der Waals surface area contributed by atoms with Crippen molar-refractivity contribution in [2.45, 2.75) is 44.9 Å². The van der Waals surface area contributed by atoms with Crippen molar-refractivity contribution in [3.63, 3.8) is 0 Å². The molecule has 4 aromatic rings. The normalized spacial score (nSPS) is 11.7. The maximum atomic E-state index is 13.0. The van der Waals surface area contributed by atoms with E-state index in [9.17, 15) is 13.2 Å². The molecule has 35 heavy (non-hydrogen) atoms. The highest BCUT2D eigenvalue weighted by molar-refractivity contribution is 7.89. The third-order valence-electron chi connectivity index (χ3n) is 5.58. The molecule has 0 spiro atoms. The molecule has 0 aliphatic rings.